The molecule has 3 unspecified atom stereocenters. The molecular formula is C45H52F3N7O8. The van der Waals surface area contributed by atoms with E-state index in [4.69, 9.17) is 19.9 Å². The predicted octanol–water partition coefficient (Wildman–Crippen LogP) is 6.11. The molecule has 1 aliphatic heterocycles. The Balaban J connectivity index is 0.917. The van der Waals surface area contributed by atoms with Crippen LogP contribution in [0.4, 0.5) is 24.7 Å². The number of hydrogen-bond acceptors (Lipinski definition) is 13. The number of nitrogen functional groups attached to an aromatic ring is 1. The fraction of sp³-hybridized carbons (Fsp3) is 0.444. The number of piperidine rings is 1. The molecule has 1 aliphatic carbocycles. The Labute approximate surface area is 362 Å². The number of amides is 1. The average molecular weight is 876 g/mol. The highest BCUT2D eigenvalue weighted by atomic mass is 19.4. The van der Waals surface area contributed by atoms with Crippen LogP contribution in [0.5, 0.6) is 23.3 Å². The lowest BCUT2D eigenvalue weighted by atomic mass is 10.0. The number of ether oxygens (including phenoxy) is 3. The normalized spacial score (nSPS) is 18.7. The number of carbonyl (C=O) groups is 1. The molecule has 3 heterocycles. The maximum atomic E-state index is 13.6. The number of aliphatic hydroxyl groups excluding tert-OH is 2. The van der Waals surface area contributed by atoms with Crippen LogP contribution >= 0.6 is 0 Å². The Morgan fingerprint density at radius 3 is 2.57 bits per heavy atom. The second kappa shape index (κ2) is 18.4. The van der Waals surface area contributed by atoms with Crippen molar-refractivity contribution in [2.24, 2.45) is 5.41 Å². The minimum Gasteiger partial charge on any atom is -0.494 e. The van der Waals surface area contributed by atoms with Crippen molar-refractivity contribution in [3.8, 4) is 35.1 Å². The van der Waals surface area contributed by atoms with E-state index in [-0.39, 0.29) is 48.4 Å². The molecule has 5 aromatic rings. The maximum Gasteiger partial charge on any atom is 0.416 e. The van der Waals surface area contributed by atoms with E-state index in [1.807, 2.05) is 0 Å². The van der Waals surface area contributed by atoms with Crippen LogP contribution in [-0.4, -0.2) is 98.7 Å². The molecule has 0 radical (unpaired) electrons. The summed E-state index contributed by atoms with van der Waals surface area (Å²) in [5.74, 6) is 7.26. The average Bonchev–Trinajstić information content (AvgIpc) is 3.95. The molecule has 3 aromatic carbocycles. The number of rotatable bonds is 15. The van der Waals surface area contributed by atoms with Gasteiger partial charge in [0.05, 0.1) is 61.9 Å². The van der Waals surface area contributed by atoms with Crippen molar-refractivity contribution in [2.45, 2.75) is 83.1 Å². The van der Waals surface area contributed by atoms with Crippen LogP contribution in [0, 0.1) is 24.2 Å². The quantitative estimate of drug-likeness (QED) is 0.0360. The Kier molecular flexibility index (Phi) is 13.1. The molecule has 18 heteroatoms. The number of aryl methyl sites for hydroxylation is 1. The first-order chi connectivity index (χ1) is 30.0. The van der Waals surface area contributed by atoms with Crippen LogP contribution in [0.15, 0.2) is 48.5 Å². The molecular weight excluding hydrogens is 824 g/mol. The van der Waals surface area contributed by atoms with E-state index in [0.717, 1.165) is 25.0 Å². The van der Waals surface area contributed by atoms with Crippen molar-refractivity contribution >= 4 is 39.1 Å². The van der Waals surface area contributed by atoms with Gasteiger partial charge in [0.1, 0.15) is 24.1 Å². The van der Waals surface area contributed by atoms with Gasteiger partial charge in [-0.15, -0.1) is 0 Å². The molecule has 2 aliphatic rings. The zero-order valence-electron chi connectivity index (χ0n) is 35.4. The minimum atomic E-state index is -4.55. The van der Waals surface area contributed by atoms with Gasteiger partial charge in [0.2, 0.25) is 17.7 Å². The lowest BCUT2D eigenvalue weighted by Crippen LogP contribution is -2.47. The van der Waals surface area contributed by atoms with E-state index in [2.05, 4.69) is 32.4 Å². The summed E-state index contributed by atoms with van der Waals surface area (Å²) in [6.45, 7) is 4.67. The van der Waals surface area contributed by atoms with E-state index in [1.54, 1.807) is 56.1 Å². The lowest BCUT2D eigenvalue weighted by Gasteiger charge is -2.33. The summed E-state index contributed by atoms with van der Waals surface area (Å²) < 4.78 is 59.6. The number of aromatic hydroxyl groups is 2. The molecule has 1 saturated heterocycles. The lowest BCUT2D eigenvalue weighted by molar-refractivity contribution is -0.137. The summed E-state index contributed by atoms with van der Waals surface area (Å²) in [7, 11) is 3.27. The molecule has 2 aromatic heterocycles. The Morgan fingerprint density at radius 1 is 1.08 bits per heavy atom. The topological polar surface area (TPSA) is 210 Å². The molecule has 2 fully saturated rings. The Morgan fingerprint density at radius 2 is 1.86 bits per heavy atom. The predicted molar refractivity (Wildman–Crippen MR) is 229 cm³/mol. The number of halogens is 3. The van der Waals surface area contributed by atoms with Crippen molar-refractivity contribution in [1.82, 2.24) is 24.8 Å². The van der Waals surface area contributed by atoms with Crippen molar-refractivity contribution in [3.63, 3.8) is 0 Å². The number of aliphatic hydroxyl groups is 2. The van der Waals surface area contributed by atoms with E-state index >= 15 is 0 Å². The van der Waals surface area contributed by atoms with Crippen LogP contribution in [0.2, 0.25) is 0 Å². The van der Waals surface area contributed by atoms with Gasteiger partial charge >= 0.3 is 6.18 Å². The number of methoxy groups -OCH3 is 1. The van der Waals surface area contributed by atoms with Gasteiger partial charge in [0, 0.05) is 53.5 Å². The monoisotopic (exact) mass is 875 g/mol. The highest BCUT2D eigenvalue weighted by Crippen LogP contribution is 2.48. The molecule has 0 spiro atoms. The first kappa shape index (κ1) is 45.0. The van der Waals surface area contributed by atoms with Crippen molar-refractivity contribution in [1.29, 1.82) is 0 Å². The van der Waals surface area contributed by atoms with Crippen molar-refractivity contribution < 1.29 is 52.6 Å². The number of nitrogens with one attached hydrogen (secondary N) is 2. The van der Waals surface area contributed by atoms with Crippen LogP contribution in [0.1, 0.15) is 80.0 Å². The number of anilines is 2. The first-order valence-corrected chi connectivity index (χ1v) is 20.7. The second-order valence-corrected chi connectivity index (χ2v) is 16.4. The summed E-state index contributed by atoms with van der Waals surface area (Å²) >= 11 is 0. The van der Waals surface area contributed by atoms with Gasteiger partial charge in [0.25, 0.3) is 0 Å². The van der Waals surface area contributed by atoms with E-state index in [9.17, 15) is 38.4 Å². The number of carbonyl (C=O) groups excluding carboxylic acids is 1. The van der Waals surface area contributed by atoms with E-state index in [1.165, 1.54) is 17.7 Å². The van der Waals surface area contributed by atoms with Crippen LogP contribution in [-0.2, 0) is 15.7 Å². The fourth-order valence-corrected chi connectivity index (χ4v) is 7.99. The number of nitrogens with zero attached hydrogens (tertiary/aromatic N) is 4. The fourth-order valence-electron chi connectivity index (χ4n) is 7.99. The van der Waals surface area contributed by atoms with Crippen LogP contribution in [0.25, 0.3) is 21.7 Å². The molecule has 1 amide bonds. The van der Waals surface area contributed by atoms with Gasteiger partial charge in [-0.2, -0.15) is 13.2 Å². The summed E-state index contributed by atoms with van der Waals surface area (Å²) in [6, 6.07) is 10.7. The van der Waals surface area contributed by atoms with Gasteiger partial charge in [-0.3, -0.25) is 14.7 Å². The number of aromatic nitrogens is 3. The third-order valence-electron chi connectivity index (χ3n) is 11.6. The number of nitrogens with two attached hydrogens (primary N) is 1. The highest BCUT2D eigenvalue weighted by Gasteiger charge is 2.45. The number of benzene rings is 3. The third-order valence-corrected chi connectivity index (χ3v) is 11.6. The number of hydrogen-bond donors (Lipinski definition) is 7. The number of alkyl halides is 3. The highest BCUT2D eigenvalue weighted by molar-refractivity contribution is 5.97. The largest absolute Gasteiger partial charge is 0.494 e. The maximum absolute atomic E-state index is 13.6. The zero-order chi connectivity index (χ0) is 45.2. The Bertz CT molecular complexity index is 2550. The smallest absolute Gasteiger partial charge is 0.416 e. The SMILES string of the molecule is COc1cc2nc(C)nc(N[C@H](C)c3cc(N)cc(C(F)(F)F)c3)c2cc1OCC1(CN(C)C(=O)CCOCCC#Cc2cccc3c(O)n(C4CCC(O)NC4O)c(O)c23)CC1. The molecule has 8 N–H and O–H groups in total. The van der Waals surface area contributed by atoms with Gasteiger partial charge < -0.3 is 50.6 Å². The van der Waals surface area contributed by atoms with E-state index in [0.29, 0.717) is 88.4 Å². The van der Waals surface area contributed by atoms with Crippen molar-refractivity contribution in [3.05, 3.63) is 71.0 Å². The molecule has 1 saturated carbocycles. The molecule has 63 heavy (non-hydrogen) atoms. The number of fused-ring (bicyclic) bond motifs is 2. The summed E-state index contributed by atoms with van der Waals surface area (Å²) in [4.78, 5) is 23.9. The second-order valence-electron chi connectivity index (χ2n) is 16.4. The molecule has 0 bridgehead atoms. The molecule has 15 nitrogen and oxygen atoms in total. The molecule has 4 atom stereocenters. The molecule has 336 valence electrons. The summed E-state index contributed by atoms with van der Waals surface area (Å²) in [6.07, 6.45) is -3.72. The third kappa shape index (κ3) is 10.1. The Hall–Kier alpha value is -6.00. The first-order valence-electron chi connectivity index (χ1n) is 20.7. The van der Waals surface area contributed by atoms with Crippen molar-refractivity contribution in [2.75, 3.05) is 51.6 Å². The summed E-state index contributed by atoms with van der Waals surface area (Å²) in [5, 5.41) is 49.5. The van der Waals surface area contributed by atoms with Gasteiger partial charge in [-0.1, -0.05) is 17.9 Å². The zero-order valence-corrected chi connectivity index (χ0v) is 35.4. The summed E-state index contributed by atoms with van der Waals surface area (Å²) in [5.41, 5.74) is 6.10. The minimum absolute atomic E-state index is 0.00426. The van der Waals surface area contributed by atoms with E-state index < -0.39 is 36.3 Å². The van der Waals surface area contributed by atoms with Crippen LogP contribution in [0.3, 0.4) is 0 Å². The van der Waals surface area contributed by atoms with Crippen LogP contribution < -0.4 is 25.8 Å². The molecule has 7 rings (SSSR count). The van der Waals surface area contributed by atoms with Gasteiger partial charge in [0.15, 0.2) is 11.5 Å². The van der Waals surface area contributed by atoms with Gasteiger partial charge in [-0.25, -0.2) is 9.97 Å². The standard InChI is InChI=1S/C45H52F3N7O8/c1-25(28-18-29(45(46,47)48)20-30(49)19-28)50-40-32-21-36(35(61-4)22-33(32)51-26(2)52-40)63-24-44(14-15-44)23-54(3)38(57)13-17-62-16-6-5-8-27-9-7-10-31-39(27)43(60)55(42(31)59)34-11-12-37(56)53-41(34)58/h7,9-10,18-22,25,34,37,41,53,56,58-60H,6,11-17,23-24,49H2,1-4H3,(H,50,51,52)/t25-,34?,37?,41?/m1/s1. The van der Waals surface area contributed by atoms with Gasteiger partial charge in [-0.05, 0) is 81.5 Å².